The van der Waals surface area contributed by atoms with Crippen molar-refractivity contribution in [2.24, 2.45) is 0 Å². The molecule has 1 aliphatic heterocycles. The number of halogens is 1. The second-order valence-electron chi connectivity index (χ2n) is 5.89. The normalized spacial score (nSPS) is 21.8. The summed E-state index contributed by atoms with van der Waals surface area (Å²) in [5.74, 6) is 1.16. The van der Waals surface area contributed by atoms with Gasteiger partial charge in [-0.3, -0.25) is 4.90 Å². The Morgan fingerprint density at radius 2 is 2.25 bits per heavy atom. The van der Waals surface area contributed by atoms with E-state index in [2.05, 4.69) is 51.1 Å². The SMILES string of the molecule is CN1CCCC1c1nc2c([nH]1)CCc1cc(Br)ccc1-2. The number of nitrogens with one attached hydrogen (secondary N) is 1. The number of rotatable bonds is 1. The summed E-state index contributed by atoms with van der Waals surface area (Å²) in [6.45, 7) is 1.18. The summed E-state index contributed by atoms with van der Waals surface area (Å²) in [6, 6.07) is 7.01. The third-order valence-corrected chi connectivity index (χ3v) is 5.09. The first-order valence-electron chi connectivity index (χ1n) is 7.30. The standard InChI is InChI=1S/C16H18BrN3/c1-20-8-2-3-14(20)16-18-13-7-4-10-9-11(17)5-6-12(10)15(13)19-16/h5-6,9,14H,2-4,7-8H2,1H3,(H,18,19). The Hall–Kier alpha value is -1.13. The minimum Gasteiger partial charge on any atom is -0.344 e. The molecular formula is C16H18BrN3. The second-order valence-corrected chi connectivity index (χ2v) is 6.80. The van der Waals surface area contributed by atoms with Crippen LogP contribution in [0.25, 0.3) is 11.3 Å². The molecule has 104 valence electrons. The molecule has 1 aromatic carbocycles. The molecular weight excluding hydrogens is 314 g/mol. The zero-order chi connectivity index (χ0) is 13.7. The van der Waals surface area contributed by atoms with Crippen LogP contribution < -0.4 is 0 Å². The number of likely N-dealkylation sites (tertiary alicyclic amines) is 1. The van der Waals surface area contributed by atoms with Gasteiger partial charge in [-0.05, 0) is 57.0 Å². The van der Waals surface area contributed by atoms with Crippen LogP contribution in [0.2, 0.25) is 0 Å². The van der Waals surface area contributed by atoms with Gasteiger partial charge >= 0.3 is 0 Å². The van der Waals surface area contributed by atoms with Crippen LogP contribution in [0.15, 0.2) is 22.7 Å². The number of nitrogens with zero attached hydrogens (tertiary/aromatic N) is 2. The molecule has 1 aromatic heterocycles. The van der Waals surface area contributed by atoms with Gasteiger partial charge in [0, 0.05) is 15.7 Å². The molecule has 2 aromatic rings. The van der Waals surface area contributed by atoms with Gasteiger partial charge in [0.1, 0.15) is 5.82 Å². The molecule has 0 spiro atoms. The van der Waals surface area contributed by atoms with E-state index in [-0.39, 0.29) is 0 Å². The van der Waals surface area contributed by atoms with Gasteiger partial charge in [0.15, 0.2) is 0 Å². The van der Waals surface area contributed by atoms with Crippen molar-refractivity contribution >= 4 is 15.9 Å². The lowest BCUT2D eigenvalue weighted by atomic mass is 9.92. The third-order valence-electron chi connectivity index (χ3n) is 4.60. The Balaban J connectivity index is 1.78. The van der Waals surface area contributed by atoms with Crippen LogP contribution in [-0.2, 0) is 12.8 Å². The molecule has 1 unspecified atom stereocenters. The molecule has 1 atom stereocenters. The minimum absolute atomic E-state index is 0.472. The fourth-order valence-electron chi connectivity index (χ4n) is 3.51. The van der Waals surface area contributed by atoms with Gasteiger partial charge in [-0.1, -0.05) is 22.0 Å². The molecule has 1 aliphatic carbocycles. The van der Waals surface area contributed by atoms with Crippen molar-refractivity contribution in [3.05, 3.63) is 39.8 Å². The van der Waals surface area contributed by atoms with Crippen LogP contribution in [0, 0.1) is 0 Å². The molecule has 4 rings (SSSR count). The van der Waals surface area contributed by atoms with Gasteiger partial charge in [0.2, 0.25) is 0 Å². The fourth-order valence-corrected chi connectivity index (χ4v) is 3.92. The molecule has 20 heavy (non-hydrogen) atoms. The van der Waals surface area contributed by atoms with Crippen molar-refractivity contribution in [3.8, 4) is 11.3 Å². The van der Waals surface area contributed by atoms with Crippen molar-refractivity contribution in [2.75, 3.05) is 13.6 Å². The Bertz CT molecular complexity index is 662. The van der Waals surface area contributed by atoms with E-state index in [0.717, 1.165) is 23.1 Å². The molecule has 2 aliphatic rings. The summed E-state index contributed by atoms with van der Waals surface area (Å²) in [4.78, 5) is 10.9. The van der Waals surface area contributed by atoms with Gasteiger partial charge in [0.25, 0.3) is 0 Å². The first-order valence-corrected chi connectivity index (χ1v) is 8.09. The molecule has 0 amide bonds. The van der Waals surface area contributed by atoms with E-state index in [1.807, 2.05) is 0 Å². The van der Waals surface area contributed by atoms with Crippen LogP contribution in [-0.4, -0.2) is 28.5 Å². The zero-order valence-electron chi connectivity index (χ0n) is 11.6. The molecule has 1 fully saturated rings. The Morgan fingerprint density at radius 1 is 1.35 bits per heavy atom. The van der Waals surface area contributed by atoms with Crippen LogP contribution in [0.4, 0.5) is 0 Å². The van der Waals surface area contributed by atoms with E-state index in [1.54, 1.807) is 0 Å². The molecule has 3 nitrogen and oxygen atoms in total. The van der Waals surface area contributed by atoms with Crippen LogP contribution in [0.5, 0.6) is 0 Å². The highest BCUT2D eigenvalue weighted by Crippen LogP contribution is 2.36. The topological polar surface area (TPSA) is 31.9 Å². The van der Waals surface area contributed by atoms with E-state index < -0.39 is 0 Å². The summed E-state index contributed by atoms with van der Waals surface area (Å²) in [7, 11) is 2.20. The summed E-state index contributed by atoms with van der Waals surface area (Å²) in [6.07, 6.45) is 4.66. The molecule has 0 saturated carbocycles. The smallest absolute Gasteiger partial charge is 0.124 e. The van der Waals surface area contributed by atoms with Gasteiger partial charge in [0.05, 0.1) is 11.7 Å². The maximum absolute atomic E-state index is 4.94. The highest BCUT2D eigenvalue weighted by molar-refractivity contribution is 9.10. The molecule has 1 N–H and O–H groups in total. The summed E-state index contributed by atoms with van der Waals surface area (Å²) in [5.41, 5.74) is 5.20. The first-order chi connectivity index (χ1) is 9.72. The van der Waals surface area contributed by atoms with Gasteiger partial charge in [-0.25, -0.2) is 4.98 Å². The van der Waals surface area contributed by atoms with Crippen molar-refractivity contribution in [1.29, 1.82) is 0 Å². The predicted octanol–water partition coefficient (Wildman–Crippen LogP) is 3.70. The highest BCUT2D eigenvalue weighted by atomic mass is 79.9. The number of hydrogen-bond acceptors (Lipinski definition) is 2. The number of fused-ring (bicyclic) bond motifs is 3. The molecule has 4 heteroatoms. The lowest BCUT2D eigenvalue weighted by Gasteiger charge is -2.16. The van der Waals surface area contributed by atoms with E-state index in [4.69, 9.17) is 4.98 Å². The lowest BCUT2D eigenvalue weighted by Crippen LogP contribution is -2.18. The Kier molecular flexibility index (Phi) is 2.97. The van der Waals surface area contributed by atoms with Crippen LogP contribution >= 0.6 is 15.9 Å². The average molecular weight is 332 g/mol. The van der Waals surface area contributed by atoms with E-state index in [9.17, 15) is 0 Å². The third kappa shape index (κ3) is 1.93. The molecule has 2 heterocycles. The van der Waals surface area contributed by atoms with Crippen molar-refractivity contribution in [2.45, 2.75) is 31.7 Å². The Morgan fingerprint density at radius 3 is 3.05 bits per heavy atom. The van der Waals surface area contributed by atoms with Crippen molar-refractivity contribution in [1.82, 2.24) is 14.9 Å². The maximum Gasteiger partial charge on any atom is 0.124 e. The largest absolute Gasteiger partial charge is 0.344 e. The lowest BCUT2D eigenvalue weighted by molar-refractivity contribution is 0.307. The molecule has 0 radical (unpaired) electrons. The summed E-state index contributed by atoms with van der Waals surface area (Å²) in [5, 5.41) is 0. The number of H-pyrrole nitrogens is 1. The second kappa shape index (κ2) is 4.71. The van der Waals surface area contributed by atoms with Crippen molar-refractivity contribution < 1.29 is 0 Å². The van der Waals surface area contributed by atoms with Crippen molar-refractivity contribution in [3.63, 3.8) is 0 Å². The number of aromatic nitrogens is 2. The minimum atomic E-state index is 0.472. The van der Waals surface area contributed by atoms with Gasteiger partial charge in [-0.2, -0.15) is 0 Å². The van der Waals surface area contributed by atoms with Crippen LogP contribution in [0.1, 0.15) is 36.0 Å². The Labute approximate surface area is 127 Å². The molecule has 0 bridgehead atoms. The average Bonchev–Trinajstić information content (AvgIpc) is 3.03. The predicted molar refractivity (Wildman–Crippen MR) is 83.7 cm³/mol. The zero-order valence-corrected chi connectivity index (χ0v) is 13.2. The molecule has 1 saturated heterocycles. The number of aryl methyl sites for hydroxylation is 2. The van der Waals surface area contributed by atoms with Crippen LogP contribution in [0.3, 0.4) is 0 Å². The maximum atomic E-state index is 4.94. The summed E-state index contributed by atoms with van der Waals surface area (Å²) >= 11 is 3.56. The van der Waals surface area contributed by atoms with Gasteiger partial charge < -0.3 is 4.98 Å². The van der Waals surface area contributed by atoms with E-state index >= 15 is 0 Å². The number of benzene rings is 1. The van der Waals surface area contributed by atoms with Gasteiger partial charge in [-0.15, -0.1) is 0 Å². The number of aromatic amines is 1. The highest BCUT2D eigenvalue weighted by Gasteiger charge is 2.28. The number of imidazole rings is 1. The monoisotopic (exact) mass is 331 g/mol. The quantitative estimate of drug-likeness (QED) is 0.863. The summed E-state index contributed by atoms with van der Waals surface area (Å²) < 4.78 is 1.16. The number of hydrogen-bond donors (Lipinski definition) is 1. The fraction of sp³-hybridized carbons (Fsp3) is 0.438. The first kappa shape index (κ1) is 12.6. The van der Waals surface area contributed by atoms with E-state index in [1.165, 1.54) is 41.9 Å². The van der Waals surface area contributed by atoms with E-state index in [0.29, 0.717) is 6.04 Å².